The van der Waals surface area contributed by atoms with Crippen LogP contribution in [-0.4, -0.2) is 27.4 Å². The Hall–Kier alpha value is -2.34. The minimum absolute atomic E-state index is 0.106. The van der Waals surface area contributed by atoms with Gasteiger partial charge in [0.2, 0.25) is 15.7 Å². The first-order chi connectivity index (χ1) is 11.9. The second-order valence-corrected chi connectivity index (χ2v) is 7.79. The molecule has 0 heterocycles. The van der Waals surface area contributed by atoms with E-state index in [-0.39, 0.29) is 22.2 Å². The van der Waals surface area contributed by atoms with Gasteiger partial charge in [-0.05, 0) is 49.6 Å². The molecule has 2 aromatic carbocycles. The van der Waals surface area contributed by atoms with Crippen LogP contribution in [0.4, 0.5) is 5.69 Å². The predicted molar refractivity (Wildman–Crippen MR) is 99.6 cm³/mol. The molecule has 1 amide bonds. The number of rotatable bonds is 7. The van der Waals surface area contributed by atoms with Gasteiger partial charge >= 0.3 is 0 Å². The molecule has 0 spiro atoms. The van der Waals surface area contributed by atoms with Gasteiger partial charge in [0.05, 0.1) is 16.3 Å². The van der Waals surface area contributed by atoms with Crippen molar-refractivity contribution in [3.63, 3.8) is 0 Å². The maximum Gasteiger partial charge on any atom is 0.239 e. The molecule has 25 heavy (non-hydrogen) atoms. The van der Waals surface area contributed by atoms with Gasteiger partial charge in [-0.25, -0.2) is 8.42 Å². The van der Waals surface area contributed by atoms with Gasteiger partial charge in [-0.3, -0.25) is 4.79 Å². The molecule has 0 unspecified atom stereocenters. The highest BCUT2D eigenvalue weighted by Crippen LogP contribution is 2.31. The van der Waals surface area contributed by atoms with Crippen molar-refractivity contribution in [2.75, 3.05) is 18.4 Å². The van der Waals surface area contributed by atoms with E-state index in [2.05, 4.69) is 10.6 Å². The molecular weight excluding hydrogens is 336 g/mol. The molecule has 0 atom stereocenters. The molecule has 5 nitrogen and oxygen atoms in total. The van der Waals surface area contributed by atoms with Crippen LogP contribution in [0.3, 0.4) is 0 Å². The normalized spacial score (nSPS) is 11.2. The van der Waals surface area contributed by atoms with Crippen molar-refractivity contribution < 1.29 is 13.2 Å². The maximum absolute atomic E-state index is 13.0. The Morgan fingerprint density at radius 3 is 2.36 bits per heavy atom. The minimum atomic E-state index is -3.62. The molecule has 2 aromatic rings. The Morgan fingerprint density at radius 2 is 1.72 bits per heavy atom. The van der Waals surface area contributed by atoms with Gasteiger partial charge in [0.1, 0.15) is 0 Å². The van der Waals surface area contributed by atoms with E-state index in [1.165, 1.54) is 0 Å². The highest BCUT2D eigenvalue weighted by atomic mass is 32.2. The van der Waals surface area contributed by atoms with Crippen molar-refractivity contribution in [1.82, 2.24) is 5.32 Å². The number of amides is 1. The fourth-order valence-corrected chi connectivity index (χ4v) is 4.41. The van der Waals surface area contributed by atoms with Crippen LogP contribution in [0.5, 0.6) is 0 Å². The molecule has 2 rings (SSSR count). The highest BCUT2D eigenvalue weighted by Gasteiger charge is 2.23. The zero-order valence-corrected chi connectivity index (χ0v) is 15.6. The van der Waals surface area contributed by atoms with E-state index in [4.69, 9.17) is 0 Å². The monoisotopic (exact) mass is 360 g/mol. The maximum atomic E-state index is 13.0. The van der Waals surface area contributed by atoms with Crippen LogP contribution in [-0.2, 0) is 14.6 Å². The first kappa shape index (κ1) is 19.0. The summed E-state index contributed by atoms with van der Waals surface area (Å²) in [5.74, 6) is -0.116. The van der Waals surface area contributed by atoms with Gasteiger partial charge in [-0.1, -0.05) is 31.2 Å². The van der Waals surface area contributed by atoms with E-state index in [0.717, 1.165) is 6.42 Å². The van der Waals surface area contributed by atoms with Gasteiger partial charge in [0.25, 0.3) is 0 Å². The first-order valence-electron chi connectivity index (χ1n) is 8.28. The highest BCUT2D eigenvalue weighted by molar-refractivity contribution is 7.91. The molecule has 0 radical (unpaired) electrons. The zero-order valence-electron chi connectivity index (χ0n) is 14.8. The minimum Gasteiger partial charge on any atom is -0.376 e. The Balaban J connectivity index is 2.33. The molecule has 134 valence electrons. The van der Waals surface area contributed by atoms with Crippen molar-refractivity contribution in [1.29, 1.82) is 0 Å². The van der Waals surface area contributed by atoms with Crippen LogP contribution in [0.1, 0.15) is 24.5 Å². The average Bonchev–Trinajstić information content (AvgIpc) is 2.60. The lowest BCUT2D eigenvalue weighted by Gasteiger charge is -2.16. The molecule has 6 heteroatoms. The number of hydrogen-bond donors (Lipinski definition) is 2. The summed E-state index contributed by atoms with van der Waals surface area (Å²) in [4.78, 5) is 12.3. The summed E-state index contributed by atoms with van der Waals surface area (Å²) in [6.07, 6.45) is 0.870. The summed E-state index contributed by atoms with van der Waals surface area (Å²) < 4.78 is 26.0. The summed E-state index contributed by atoms with van der Waals surface area (Å²) in [6.45, 7) is 6.25. The van der Waals surface area contributed by atoms with Crippen molar-refractivity contribution in [2.24, 2.45) is 0 Å². The van der Waals surface area contributed by atoms with Crippen LogP contribution >= 0.6 is 0 Å². The summed E-state index contributed by atoms with van der Waals surface area (Å²) >= 11 is 0. The average molecular weight is 360 g/mol. The van der Waals surface area contributed by atoms with Gasteiger partial charge in [0.15, 0.2) is 0 Å². The number of anilines is 1. The third-order valence-corrected chi connectivity index (χ3v) is 5.99. The molecule has 0 aromatic heterocycles. The van der Waals surface area contributed by atoms with E-state index in [1.54, 1.807) is 50.2 Å². The molecule has 2 N–H and O–H groups in total. The van der Waals surface area contributed by atoms with Gasteiger partial charge in [-0.15, -0.1) is 0 Å². The van der Waals surface area contributed by atoms with Crippen molar-refractivity contribution >= 4 is 21.4 Å². The lowest BCUT2D eigenvalue weighted by atomic mass is 10.1. The second-order valence-electron chi connectivity index (χ2n) is 5.90. The van der Waals surface area contributed by atoms with Gasteiger partial charge in [-0.2, -0.15) is 0 Å². The van der Waals surface area contributed by atoms with Crippen LogP contribution in [0.2, 0.25) is 0 Å². The lowest BCUT2D eigenvalue weighted by molar-refractivity contribution is -0.119. The number of aryl methyl sites for hydroxylation is 1. The van der Waals surface area contributed by atoms with Crippen molar-refractivity contribution in [3.8, 4) is 0 Å². The van der Waals surface area contributed by atoms with Crippen molar-refractivity contribution in [3.05, 3.63) is 53.6 Å². The SMILES string of the molecule is CCCNC(=O)CNc1ccc(C)c(S(=O)(=O)c2ccccc2)c1C. The number of nitrogens with one attached hydrogen (secondary N) is 2. The Kier molecular flexibility index (Phi) is 6.20. The van der Waals surface area contributed by atoms with E-state index in [9.17, 15) is 13.2 Å². The molecule has 0 aliphatic heterocycles. The summed E-state index contributed by atoms with van der Waals surface area (Å²) in [5.41, 5.74) is 1.95. The number of carbonyl (C=O) groups is 1. The van der Waals surface area contributed by atoms with E-state index in [1.807, 2.05) is 13.0 Å². The third-order valence-electron chi connectivity index (χ3n) is 3.94. The van der Waals surface area contributed by atoms with E-state index >= 15 is 0 Å². The lowest BCUT2D eigenvalue weighted by Crippen LogP contribution is -2.30. The topological polar surface area (TPSA) is 75.3 Å². The Labute approximate surface area is 149 Å². The molecule has 0 saturated heterocycles. The third kappa shape index (κ3) is 4.39. The summed E-state index contributed by atoms with van der Waals surface area (Å²) in [6, 6.07) is 11.9. The molecule has 0 aliphatic rings. The quantitative estimate of drug-likeness (QED) is 0.796. The fourth-order valence-electron chi connectivity index (χ4n) is 2.65. The van der Waals surface area contributed by atoms with Crippen LogP contribution in [0.25, 0.3) is 0 Å². The number of carbonyl (C=O) groups excluding carboxylic acids is 1. The fraction of sp³-hybridized carbons (Fsp3) is 0.316. The summed E-state index contributed by atoms with van der Waals surface area (Å²) in [5, 5.41) is 5.82. The van der Waals surface area contributed by atoms with Crippen LogP contribution < -0.4 is 10.6 Å². The van der Waals surface area contributed by atoms with Crippen LogP contribution in [0.15, 0.2) is 52.3 Å². The number of sulfone groups is 1. The molecule has 0 fully saturated rings. The molecule has 0 aliphatic carbocycles. The second kappa shape index (κ2) is 8.16. The first-order valence-corrected chi connectivity index (χ1v) is 9.77. The largest absolute Gasteiger partial charge is 0.376 e. The number of benzene rings is 2. The Morgan fingerprint density at radius 1 is 1.04 bits per heavy atom. The molecular formula is C19H24N2O3S. The van der Waals surface area contributed by atoms with Crippen LogP contribution in [0, 0.1) is 13.8 Å². The van der Waals surface area contributed by atoms with Gasteiger partial charge in [0, 0.05) is 12.2 Å². The summed E-state index contributed by atoms with van der Waals surface area (Å²) in [7, 11) is -3.62. The van der Waals surface area contributed by atoms with E-state index in [0.29, 0.717) is 23.4 Å². The van der Waals surface area contributed by atoms with Gasteiger partial charge < -0.3 is 10.6 Å². The molecule has 0 bridgehead atoms. The standard InChI is InChI=1S/C19H24N2O3S/c1-4-12-20-18(22)13-21-17-11-10-14(2)19(15(17)3)25(23,24)16-8-6-5-7-9-16/h5-11,21H,4,12-13H2,1-3H3,(H,20,22). The van der Waals surface area contributed by atoms with Crippen molar-refractivity contribution in [2.45, 2.75) is 37.0 Å². The zero-order chi connectivity index (χ0) is 18.4. The Bertz CT molecular complexity index is 846. The predicted octanol–water partition coefficient (Wildman–Crippen LogP) is 3.07. The molecule has 0 saturated carbocycles. The van der Waals surface area contributed by atoms with E-state index < -0.39 is 9.84 Å². The smallest absolute Gasteiger partial charge is 0.239 e. The number of hydrogen-bond acceptors (Lipinski definition) is 4.